The van der Waals surface area contributed by atoms with Crippen LogP contribution in [-0.4, -0.2) is 31.8 Å². The van der Waals surface area contributed by atoms with Gasteiger partial charge in [0.1, 0.15) is 5.75 Å². The monoisotopic (exact) mass is 319 g/mol. The van der Waals surface area contributed by atoms with Crippen LogP contribution in [0.15, 0.2) is 18.2 Å². The van der Waals surface area contributed by atoms with Gasteiger partial charge >= 0.3 is 0 Å². The largest absolute Gasteiger partial charge is 0.479 e. The van der Waals surface area contributed by atoms with Gasteiger partial charge in [0.2, 0.25) is 0 Å². The number of hydrogen-bond acceptors (Lipinski definition) is 3. The van der Waals surface area contributed by atoms with E-state index in [9.17, 15) is 4.79 Å². The van der Waals surface area contributed by atoms with Gasteiger partial charge in [0, 0.05) is 24.8 Å². The normalized spacial score (nSPS) is 12.0. The molecule has 0 heterocycles. The highest BCUT2D eigenvalue weighted by molar-refractivity contribution is 6.35. The maximum atomic E-state index is 11.8. The molecule has 1 aromatic carbocycles. The van der Waals surface area contributed by atoms with E-state index >= 15 is 0 Å². The molecule has 1 unspecified atom stereocenters. The van der Waals surface area contributed by atoms with Gasteiger partial charge in [-0.2, -0.15) is 0 Å². The Bertz CT molecular complexity index is 440. The minimum atomic E-state index is -0.624. The average molecular weight is 320 g/mol. The quantitative estimate of drug-likeness (QED) is 0.748. The first-order chi connectivity index (χ1) is 9.54. The third-order valence-electron chi connectivity index (χ3n) is 2.54. The van der Waals surface area contributed by atoms with Gasteiger partial charge in [-0.15, -0.1) is 0 Å². The molecule has 0 aliphatic rings. The Morgan fingerprint density at radius 3 is 2.80 bits per heavy atom. The highest BCUT2D eigenvalue weighted by Gasteiger charge is 2.15. The second-order valence-electron chi connectivity index (χ2n) is 4.18. The molecule has 112 valence electrons. The molecule has 0 spiro atoms. The molecule has 1 atom stereocenters. The molecule has 0 saturated carbocycles. The SMILES string of the molecule is CCOCCCNC(=O)C(C)Oc1ccc(Cl)cc1Cl. The number of benzene rings is 1. The van der Waals surface area contributed by atoms with Gasteiger partial charge in [-0.25, -0.2) is 0 Å². The van der Waals surface area contributed by atoms with E-state index in [2.05, 4.69) is 5.32 Å². The van der Waals surface area contributed by atoms with Crippen LogP contribution in [0.4, 0.5) is 0 Å². The van der Waals surface area contributed by atoms with E-state index in [1.807, 2.05) is 6.92 Å². The smallest absolute Gasteiger partial charge is 0.260 e. The molecule has 0 bridgehead atoms. The van der Waals surface area contributed by atoms with Crippen molar-refractivity contribution in [3.63, 3.8) is 0 Å². The molecular formula is C14H19Cl2NO3. The van der Waals surface area contributed by atoms with Gasteiger partial charge in [-0.05, 0) is 38.5 Å². The molecule has 1 rings (SSSR count). The van der Waals surface area contributed by atoms with Crippen LogP contribution in [0.1, 0.15) is 20.3 Å². The number of nitrogens with one attached hydrogen (secondary N) is 1. The zero-order chi connectivity index (χ0) is 15.0. The summed E-state index contributed by atoms with van der Waals surface area (Å²) in [5, 5.41) is 3.69. The van der Waals surface area contributed by atoms with E-state index < -0.39 is 6.10 Å². The Labute approximate surface area is 129 Å². The first-order valence-corrected chi connectivity index (χ1v) is 7.27. The van der Waals surface area contributed by atoms with Crippen LogP contribution in [0.5, 0.6) is 5.75 Å². The first-order valence-electron chi connectivity index (χ1n) is 6.51. The molecule has 1 N–H and O–H groups in total. The molecular weight excluding hydrogens is 301 g/mol. The second-order valence-corrected chi connectivity index (χ2v) is 5.02. The van der Waals surface area contributed by atoms with Crippen molar-refractivity contribution in [1.29, 1.82) is 0 Å². The second kappa shape index (κ2) is 9.06. The number of halogens is 2. The highest BCUT2D eigenvalue weighted by atomic mass is 35.5. The summed E-state index contributed by atoms with van der Waals surface area (Å²) < 4.78 is 10.7. The van der Waals surface area contributed by atoms with E-state index in [1.54, 1.807) is 25.1 Å². The van der Waals surface area contributed by atoms with Gasteiger partial charge in [-0.3, -0.25) is 4.79 Å². The van der Waals surface area contributed by atoms with Crippen LogP contribution >= 0.6 is 23.2 Å². The zero-order valence-electron chi connectivity index (χ0n) is 11.6. The van der Waals surface area contributed by atoms with Gasteiger partial charge < -0.3 is 14.8 Å². The van der Waals surface area contributed by atoms with Crippen LogP contribution < -0.4 is 10.1 Å². The Morgan fingerprint density at radius 1 is 1.40 bits per heavy atom. The van der Waals surface area contributed by atoms with Gasteiger partial charge in [0.15, 0.2) is 6.10 Å². The summed E-state index contributed by atoms with van der Waals surface area (Å²) in [4.78, 5) is 11.8. The summed E-state index contributed by atoms with van der Waals surface area (Å²) in [6.07, 6.45) is 0.148. The number of hydrogen-bond donors (Lipinski definition) is 1. The number of amides is 1. The summed E-state index contributed by atoms with van der Waals surface area (Å²) in [6, 6.07) is 4.88. The number of rotatable bonds is 8. The van der Waals surface area contributed by atoms with Crippen molar-refractivity contribution in [2.45, 2.75) is 26.4 Å². The lowest BCUT2D eigenvalue weighted by Gasteiger charge is -2.15. The molecule has 0 fully saturated rings. The summed E-state index contributed by atoms with van der Waals surface area (Å²) in [5.41, 5.74) is 0. The van der Waals surface area contributed by atoms with E-state index in [4.69, 9.17) is 32.7 Å². The molecule has 0 aromatic heterocycles. The molecule has 0 saturated heterocycles. The fourth-order valence-corrected chi connectivity index (χ4v) is 1.94. The van der Waals surface area contributed by atoms with E-state index in [0.29, 0.717) is 35.6 Å². The van der Waals surface area contributed by atoms with Gasteiger partial charge in [-0.1, -0.05) is 23.2 Å². The highest BCUT2D eigenvalue weighted by Crippen LogP contribution is 2.28. The first kappa shape index (κ1) is 17.1. The van der Waals surface area contributed by atoms with Crippen LogP contribution in [0, 0.1) is 0 Å². The predicted octanol–water partition coefficient (Wildman–Crippen LogP) is 3.30. The molecule has 0 radical (unpaired) electrons. The lowest BCUT2D eigenvalue weighted by Crippen LogP contribution is -2.37. The molecule has 4 nitrogen and oxygen atoms in total. The third-order valence-corrected chi connectivity index (χ3v) is 3.07. The molecule has 0 aliphatic carbocycles. The lowest BCUT2D eigenvalue weighted by molar-refractivity contribution is -0.127. The topological polar surface area (TPSA) is 47.6 Å². The van der Waals surface area contributed by atoms with Crippen molar-refractivity contribution >= 4 is 29.1 Å². The molecule has 20 heavy (non-hydrogen) atoms. The Balaban J connectivity index is 2.37. The van der Waals surface area contributed by atoms with Crippen LogP contribution in [0.3, 0.4) is 0 Å². The minimum Gasteiger partial charge on any atom is -0.479 e. The Morgan fingerprint density at radius 2 is 2.15 bits per heavy atom. The fourth-order valence-electron chi connectivity index (χ4n) is 1.49. The summed E-state index contributed by atoms with van der Waals surface area (Å²) in [5.74, 6) is 0.251. The van der Waals surface area contributed by atoms with Crippen molar-refractivity contribution in [2.24, 2.45) is 0 Å². The maximum Gasteiger partial charge on any atom is 0.260 e. The van der Waals surface area contributed by atoms with Crippen LogP contribution in [0.2, 0.25) is 10.0 Å². The van der Waals surface area contributed by atoms with E-state index in [0.717, 1.165) is 6.42 Å². The van der Waals surface area contributed by atoms with Crippen molar-refractivity contribution in [1.82, 2.24) is 5.32 Å². The average Bonchev–Trinajstić information content (AvgIpc) is 2.41. The molecule has 0 aliphatic heterocycles. The van der Waals surface area contributed by atoms with E-state index in [1.165, 1.54) is 0 Å². The number of ether oxygens (including phenoxy) is 2. The van der Waals surface area contributed by atoms with Crippen LogP contribution in [-0.2, 0) is 9.53 Å². The maximum absolute atomic E-state index is 11.8. The zero-order valence-corrected chi connectivity index (χ0v) is 13.1. The standard InChI is InChI=1S/C14H19Cl2NO3/c1-3-19-8-4-7-17-14(18)10(2)20-13-6-5-11(15)9-12(13)16/h5-6,9-10H,3-4,7-8H2,1-2H3,(H,17,18). The molecule has 1 amide bonds. The summed E-state index contributed by atoms with van der Waals surface area (Å²) in [7, 11) is 0. The Hall–Kier alpha value is -0.970. The molecule has 1 aromatic rings. The summed E-state index contributed by atoms with van der Waals surface area (Å²) >= 11 is 11.8. The van der Waals surface area contributed by atoms with Gasteiger partial charge in [0.25, 0.3) is 5.91 Å². The number of carbonyl (C=O) groups is 1. The van der Waals surface area contributed by atoms with Crippen LogP contribution in [0.25, 0.3) is 0 Å². The minimum absolute atomic E-state index is 0.187. The lowest BCUT2D eigenvalue weighted by atomic mass is 10.3. The Kier molecular flexibility index (Phi) is 7.73. The number of carbonyl (C=O) groups excluding carboxylic acids is 1. The van der Waals surface area contributed by atoms with E-state index in [-0.39, 0.29) is 5.91 Å². The van der Waals surface area contributed by atoms with Crippen molar-refractivity contribution in [3.05, 3.63) is 28.2 Å². The predicted molar refractivity (Wildman–Crippen MR) is 80.7 cm³/mol. The fraction of sp³-hybridized carbons (Fsp3) is 0.500. The third kappa shape index (κ3) is 5.99. The summed E-state index contributed by atoms with van der Waals surface area (Å²) in [6.45, 7) is 5.48. The van der Waals surface area contributed by atoms with Crippen molar-refractivity contribution < 1.29 is 14.3 Å². The molecule has 6 heteroatoms. The van der Waals surface area contributed by atoms with Crippen molar-refractivity contribution in [3.8, 4) is 5.75 Å². The van der Waals surface area contributed by atoms with Crippen molar-refractivity contribution in [2.75, 3.05) is 19.8 Å². The van der Waals surface area contributed by atoms with Gasteiger partial charge in [0.05, 0.1) is 5.02 Å².